The molecule has 2 unspecified atom stereocenters. The van der Waals surface area contributed by atoms with Crippen molar-refractivity contribution in [2.75, 3.05) is 7.05 Å². The highest BCUT2D eigenvalue weighted by molar-refractivity contribution is 6.20. The van der Waals surface area contributed by atoms with Gasteiger partial charge in [-0.3, -0.25) is 0 Å². The van der Waals surface area contributed by atoms with E-state index in [1.807, 2.05) is 31.3 Å². The molecule has 2 atom stereocenters. The standard InChI is InChI=1S/C17H20ClN/c1-19-16(12-14-8-4-2-5-9-14)13-17(18)15-10-6-3-7-11-15/h2-11,16-17,19H,12-13H2,1H3. The maximum absolute atomic E-state index is 6.51. The van der Waals surface area contributed by atoms with E-state index in [1.54, 1.807) is 0 Å². The average Bonchev–Trinajstić information content (AvgIpc) is 2.48. The predicted octanol–water partition coefficient (Wildman–Crippen LogP) is 4.19. The van der Waals surface area contributed by atoms with Crippen LogP contribution in [0.5, 0.6) is 0 Å². The summed E-state index contributed by atoms with van der Waals surface area (Å²) in [6.07, 6.45) is 1.93. The van der Waals surface area contributed by atoms with Crippen molar-refractivity contribution in [1.29, 1.82) is 0 Å². The van der Waals surface area contributed by atoms with Crippen LogP contribution in [0.25, 0.3) is 0 Å². The number of nitrogens with one attached hydrogen (secondary N) is 1. The van der Waals surface area contributed by atoms with E-state index in [1.165, 1.54) is 11.1 Å². The molecule has 0 radical (unpaired) electrons. The van der Waals surface area contributed by atoms with Crippen molar-refractivity contribution in [3.63, 3.8) is 0 Å². The van der Waals surface area contributed by atoms with Crippen molar-refractivity contribution in [2.24, 2.45) is 0 Å². The van der Waals surface area contributed by atoms with Gasteiger partial charge in [-0.05, 0) is 31.0 Å². The Morgan fingerprint density at radius 1 is 0.947 bits per heavy atom. The Morgan fingerprint density at radius 2 is 1.53 bits per heavy atom. The Hall–Kier alpha value is -1.31. The first-order chi connectivity index (χ1) is 9.29. The maximum atomic E-state index is 6.51. The fourth-order valence-electron chi connectivity index (χ4n) is 2.25. The molecule has 0 aromatic heterocycles. The van der Waals surface area contributed by atoms with Gasteiger partial charge in [-0.15, -0.1) is 11.6 Å². The third kappa shape index (κ3) is 4.38. The van der Waals surface area contributed by atoms with Crippen LogP contribution in [0.4, 0.5) is 0 Å². The molecular weight excluding hydrogens is 254 g/mol. The summed E-state index contributed by atoms with van der Waals surface area (Å²) < 4.78 is 0. The highest BCUT2D eigenvalue weighted by Gasteiger charge is 2.15. The van der Waals surface area contributed by atoms with Crippen LogP contribution >= 0.6 is 11.6 Å². The molecule has 1 N–H and O–H groups in total. The van der Waals surface area contributed by atoms with Gasteiger partial charge in [0.2, 0.25) is 0 Å². The zero-order valence-electron chi connectivity index (χ0n) is 11.2. The van der Waals surface area contributed by atoms with Crippen LogP contribution in [0.2, 0.25) is 0 Å². The number of halogens is 1. The summed E-state index contributed by atoms with van der Waals surface area (Å²) in [5.74, 6) is 0. The number of alkyl halides is 1. The van der Waals surface area contributed by atoms with Crippen molar-refractivity contribution in [1.82, 2.24) is 5.32 Å². The topological polar surface area (TPSA) is 12.0 Å². The van der Waals surface area contributed by atoms with Crippen molar-refractivity contribution >= 4 is 11.6 Å². The summed E-state index contributed by atoms with van der Waals surface area (Å²) >= 11 is 6.51. The monoisotopic (exact) mass is 273 g/mol. The van der Waals surface area contributed by atoms with E-state index in [2.05, 4.69) is 41.7 Å². The first-order valence-electron chi connectivity index (χ1n) is 6.70. The molecule has 100 valence electrons. The van der Waals surface area contributed by atoms with E-state index in [4.69, 9.17) is 11.6 Å². The van der Waals surface area contributed by atoms with Gasteiger partial charge in [0.1, 0.15) is 0 Å². The molecule has 0 amide bonds. The van der Waals surface area contributed by atoms with Crippen LogP contribution in [-0.2, 0) is 6.42 Å². The normalized spacial score (nSPS) is 14.0. The Kier molecular flexibility index (Phi) is 5.44. The lowest BCUT2D eigenvalue weighted by Gasteiger charge is -2.19. The third-order valence-corrected chi connectivity index (χ3v) is 3.82. The zero-order chi connectivity index (χ0) is 13.5. The van der Waals surface area contributed by atoms with Gasteiger partial charge < -0.3 is 5.32 Å². The molecular formula is C17H20ClN. The molecule has 0 aliphatic heterocycles. The molecule has 2 heteroatoms. The number of hydrogen-bond donors (Lipinski definition) is 1. The summed E-state index contributed by atoms with van der Waals surface area (Å²) in [6, 6.07) is 21.2. The van der Waals surface area contributed by atoms with E-state index in [0.29, 0.717) is 6.04 Å². The van der Waals surface area contributed by atoms with E-state index in [9.17, 15) is 0 Å². The zero-order valence-corrected chi connectivity index (χ0v) is 12.0. The molecule has 0 saturated heterocycles. The van der Waals surface area contributed by atoms with E-state index < -0.39 is 0 Å². The van der Waals surface area contributed by atoms with Crippen molar-refractivity contribution < 1.29 is 0 Å². The minimum atomic E-state index is 0.0577. The summed E-state index contributed by atoms with van der Waals surface area (Å²) in [6.45, 7) is 0. The summed E-state index contributed by atoms with van der Waals surface area (Å²) in [5, 5.41) is 3.42. The van der Waals surface area contributed by atoms with Gasteiger partial charge in [0, 0.05) is 6.04 Å². The summed E-state index contributed by atoms with van der Waals surface area (Å²) in [7, 11) is 2.00. The van der Waals surface area contributed by atoms with Gasteiger partial charge in [-0.2, -0.15) is 0 Å². The average molecular weight is 274 g/mol. The molecule has 0 fully saturated rings. The molecule has 0 aliphatic rings. The first kappa shape index (κ1) is 14.1. The third-order valence-electron chi connectivity index (χ3n) is 3.39. The van der Waals surface area contributed by atoms with E-state index in [-0.39, 0.29) is 5.38 Å². The molecule has 0 spiro atoms. The van der Waals surface area contributed by atoms with E-state index in [0.717, 1.165) is 12.8 Å². The van der Waals surface area contributed by atoms with Gasteiger partial charge in [-0.1, -0.05) is 60.7 Å². The van der Waals surface area contributed by atoms with Crippen LogP contribution in [-0.4, -0.2) is 13.1 Å². The Bertz CT molecular complexity index is 469. The molecule has 19 heavy (non-hydrogen) atoms. The lowest BCUT2D eigenvalue weighted by Crippen LogP contribution is -2.28. The molecule has 0 bridgehead atoms. The quantitative estimate of drug-likeness (QED) is 0.779. The minimum Gasteiger partial charge on any atom is -0.317 e. The molecule has 0 heterocycles. The smallest absolute Gasteiger partial charge is 0.0600 e. The highest BCUT2D eigenvalue weighted by atomic mass is 35.5. The Balaban J connectivity index is 1.96. The largest absolute Gasteiger partial charge is 0.317 e. The Morgan fingerprint density at radius 3 is 2.11 bits per heavy atom. The summed E-state index contributed by atoms with van der Waals surface area (Å²) in [4.78, 5) is 0. The predicted molar refractivity (Wildman–Crippen MR) is 82.6 cm³/mol. The van der Waals surface area contributed by atoms with Crippen molar-refractivity contribution in [3.05, 3.63) is 71.8 Å². The number of hydrogen-bond acceptors (Lipinski definition) is 1. The molecule has 2 aromatic rings. The fraction of sp³-hybridized carbons (Fsp3) is 0.294. The lowest BCUT2D eigenvalue weighted by molar-refractivity contribution is 0.513. The van der Waals surface area contributed by atoms with Gasteiger partial charge in [-0.25, -0.2) is 0 Å². The van der Waals surface area contributed by atoms with Gasteiger partial charge in [0.15, 0.2) is 0 Å². The summed E-state index contributed by atoms with van der Waals surface area (Å²) in [5.41, 5.74) is 2.54. The highest BCUT2D eigenvalue weighted by Crippen LogP contribution is 2.26. The van der Waals surface area contributed by atoms with Crippen LogP contribution in [0, 0.1) is 0 Å². The van der Waals surface area contributed by atoms with Crippen LogP contribution < -0.4 is 5.32 Å². The first-order valence-corrected chi connectivity index (χ1v) is 7.13. The molecule has 2 aromatic carbocycles. The second kappa shape index (κ2) is 7.32. The molecule has 0 aliphatic carbocycles. The fourth-order valence-corrected chi connectivity index (χ4v) is 2.61. The molecule has 2 rings (SSSR count). The van der Waals surface area contributed by atoms with E-state index >= 15 is 0 Å². The lowest BCUT2D eigenvalue weighted by atomic mass is 9.99. The van der Waals surface area contributed by atoms with Gasteiger partial charge >= 0.3 is 0 Å². The second-order valence-electron chi connectivity index (χ2n) is 4.79. The Labute approximate surface area is 120 Å². The van der Waals surface area contributed by atoms with Gasteiger partial charge in [0.05, 0.1) is 5.38 Å². The molecule has 0 saturated carbocycles. The van der Waals surface area contributed by atoms with Crippen LogP contribution in [0.15, 0.2) is 60.7 Å². The van der Waals surface area contributed by atoms with Gasteiger partial charge in [0.25, 0.3) is 0 Å². The SMILES string of the molecule is CNC(Cc1ccccc1)CC(Cl)c1ccccc1. The number of benzene rings is 2. The minimum absolute atomic E-state index is 0.0577. The number of likely N-dealkylation sites (N-methyl/N-ethyl adjacent to an activating group) is 1. The van der Waals surface area contributed by atoms with Crippen molar-refractivity contribution in [3.8, 4) is 0 Å². The van der Waals surface area contributed by atoms with Crippen LogP contribution in [0.1, 0.15) is 22.9 Å². The number of rotatable bonds is 6. The molecule has 1 nitrogen and oxygen atoms in total. The van der Waals surface area contributed by atoms with Crippen LogP contribution in [0.3, 0.4) is 0 Å². The second-order valence-corrected chi connectivity index (χ2v) is 5.32. The maximum Gasteiger partial charge on any atom is 0.0600 e. The van der Waals surface area contributed by atoms with Crippen molar-refractivity contribution in [2.45, 2.75) is 24.3 Å².